The van der Waals surface area contributed by atoms with Gasteiger partial charge in [-0.2, -0.15) is 0 Å². The molecule has 2 N–H and O–H groups in total. The number of nitrogens with one attached hydrogen (secondary N) is 1. The Morgan fingerprint density at radius 2 is 2.17 bits per heavy atom. The number of carbonyl (C=O) groups excluding carboxylic acids is 1. The summed E-state index contributed by atoms with van der Waals surface area (Å²) < 4.78 is 6.11. The molecule has 0 spiro atoms. The monoisotopic (exact) mass is 408 g/mol. The van der Waals surface area contributed by atoms with E-state index in [1.165, 1.54) is 17.5 Å². The van der Waals surface area contributed by atoms with Gasteiger partial charge in [0.25, 0.3) is 5.91 Å². The first-order chi connectivity index (χ1) is 13.9. The number of aromatic amines is 1. The Hall–Kier alpha value is -2.97. The Bertz CT molecular complexity index is 1170. The molecule has 1 atom stereocenters. The van der Waals surface area contributed by atoms with Crippen LogP contribution in [0.4, 0.5) is 0 Å². The van der Waals surface area contributed by atoms with Gasteiger partial charge >= 0.3 is 0 Å². The van der Waals surface area contributed by atoms with Crippen molar-refractivity contribution in [2.24, 2.45) is 0 Å². The highest BCUT2D eigenvalue weighted by molar-refractivity contribution is 7.13. The fourth-order valence-corrected chi connectivity index (χ4v) is 4.59. The molecule has 1 amide bonds. The van der Waals surface area contributed by atoms with E-state index in [2.05, 4.69) is 15.0 Å². The molecule has 8 heteroatoms. The van der Waals surface area contributed by atoms with Crippen LogP contribution in [0, 0.1) is 0 Å². The highest BCUT2D eigenvalue weighted by atomic mass is 32.1. The van der Waals surface area contributed by atoms with E-state index in [1.54, 1.807) is 25.1 Å². The molecule has 0 fully saturated rings. The number of hydrogen-bond donors (Lipinski definition) is 2. The van der Waals surface area contributed by atoms with Crippen molar-refractivity contribution in [2.75, 3.05) is 6.54 Å². The molecule has 4 heterocycles. The number of aliphatic hydroxyl groups is 1. The van der Waals surface area contributed by atoms with Gasteiger partial charge in [0, 0.05) is 24.0 Å². The highest BCUT2D eigenvalue weighted by Crippen LogP contribution is 2.38. The van der Waals surface area contributed by atoms with Crippen molar-refractivity contribution < 1.29 is 14.3 Å². The van der Waals surface area contributed by atoms with Crippen LogP contribution in [0.5, 0.6) is 0 Å². The van der Waals surface area contributed by atoms with Gasteiger partial charge in [-0.3, -0.25) is 4.79 Å². The number of benzene rings is 1. The third kappa shape index (κ3) is 3.04. The van der Waals surface area contributed by atoms with Gasteiger partial charge in [-0.25, -0.2) is 9.97 Å². The first-order valence-electron chi connectivity index (χ1n) is 9.42. The van der Waals surface area contributed by atoms with Gasteiger partial charge in [0.15, 0.2) is 0 Å². The molecule has 7 nitrogen and oxygen atoms in total. The summed E-state index contributed by atoms with van der Waals surface area (Å²) in [6, 6.07) is 9.34. The van der Waals surface area contributed by atoms with Crippen LogP contribution in [-0.4, -0.2) is 37.4 Å². The second kappa shape index (κ2) is 6.53. The number of furan rings is 1. The molecule has 148 valence electrons. The van der Waals surface area contributed by atoms with E-state index in [4.69, 9.17) is 4.42 Å². The minimum Gasteiger partial charge on any atom is -0.458 e. The molecule has 3 aromatic heterocycles. The third-order valence-electron chi connectivity index (χ3n) is 5.14. The van der Waals surface area contributed by atoms with E-state index >= 15 is 0 Å². The van der Waals surface area contributed by atoms with E-state index < -0.39 is 11.6 Å². The number of amides is 1. The summed E-state index contributed by atoms with van der Waals surface area (Å²) in [7, 11) is 0. The zero-order valence-electron chi connectivity index (χ0n) is 16.0. The summed E-state index contributed by atoms with van der Waals surface area (Å²) in [5.41, 5.74) is 1.51. The maximum atomic E-state index is 13.4. The molecule has 4 aromatic rings. The Kier molecular flexibility index (Phi) is 4.07. The molecule has 0 radical (unpaired) electrons. The van der Waals surface area contributed by atoms with Crippen LogP contribution in [0.25, 0.3) is 11.0 Å². The molecular formula is C21H20N4O3S. The van der Waals surface area contributed by atoms with Gasteiger partial charge in [-0.15, -0.1) is 11.3 Å². The number of fused-ring (bicyclic) bond motifs is 2. The molecule has 1 aliphatic heterocycles. The van der Waals surface area contributed by atoms with Crippen molar-refractivity contribution in [3.05, 3.63) is 69.9 Å². The number of hydrogen-bond acceptors (Lipinski definition) is 6. The molecule has 0 saturated carbocycles. The van der Waals surface area contributed by atoms with Crippen LogP contribution >= 0.6 is 11.3 Å². The molecule has 1 aromatic carbocycles. The summed E-state index contributed by atoms with van der Waals surface area (Å²) in [5.74, 6) is 0.539. The number of carbonyl (C=O) groups is 1. The van der Waals surface area contributed by atoms with Gasteiger partial charge in [0.2, 0.25) is 0 Å². The Morgan fingerprint density at radius 3 is 2.93 bits per heavy atom. The van der Waals surface area contributed by atoms with Crippen LogP contribution in [0.15, 0.2) is 47.3 Å². The van der Waals surface area contributed by atoms with E-state index in [0.717, 1.165) is 22.4 Å². The summed E-state index contributed by atoms with van der Waals surface area (Å²) in [6.45, 7) is 3.86. The zero-order chi connectivity index (χ0) is 20.2. The van der Waals surface area contributed by atoms with Crippen LogP contribution in [-0.2, 0) is 12.0 Å². The Balaban J connectivity index is 1.57. The minimum atomic E-state index is -1.08. The molecule has 0 unspecified atom stereocenters. The first kappa shape index (κ1) is 18.1. The average Bonchev–Trinajstić information content (AvgIpc) is 3.44. The number of thiazole rings is 1. The second-order valence-electron chi connectivity index (χ2n) is 7.69. The number of imidazole rings is 1. The quantitative estimate of drug-likeness (QED) is 0.540. The summed E-state index contributed by atoms with van der Waals surface area (Å²) in [6.07, 6.45) is 3.89. The average molecular weight is 408 g/mol. The van der Waals surface area contributed by atoms with Crippen LogP contribution < -0.4 is 0 Å². The van der Waals surface area contributed by atoms with E-state index in [-0.39, 0.29) is 5.91 Å². The molecule has 5 rings (SSSR count). The number of nitrogens with zero attached hydrogens (tertiary/aromatic N) is 3. The van der Waals surface area contributed by atoms with Crippen molar-refractivity contribution in [3.8, 4) is 0 Å². The van der Waals surface area contributed by atoms with Crippen LogP contribution in [0.2, 0.25) is 0 Å². The van der Waals surface area contributed by atoms with Crippen LogP contribution in [0.3, 0.4) is 0 Å². The Labute approximate surface area is 171 Å². The van der Waals surface area contributed by atoms with Crippen molar-refractivity contribution >= 4 is 28.2 Å². The predicted octanol–water partition coefficient (Wildman–Crippen LogP) is 3.63. The molecule has 29 heavy (non-hydrogen) atoms. The number of para-hydroxylation sites is 1. The second-order valence-corrected chi connectivity index (χ2v) is 8.72. The lowest BCUT2D eigenvalue weighted by atomic mass is 10.00. The fourth-order valence-electron chi connectivity index (χ4n) is 3.72. The van der Waals surface area contributed by atoms with Gasteiger partial charge in [0.05, 0.1) is 18.2 Å². The predicted molar refractivity (Wildman–Crippen MR) is 109 cm³/mol. The minimum absolute atomic E-state index is 0.142. The highest BCUT2D eigenvalue weighted by Gasteiger charge is 2.37. The summed E-state index contributed by atoms with van der Waals surface area (Å²) in [4.78, 5) is 27.6. The number of aromatic nitrogens is 3. The topological polar surface area (TPSA) is 95.2 Å². The van der Waals surface area contributed by atoms with Crippen molar-refractivity contribution in [1.29, 1.82) is 0 Å². The maximum absolute atomic E-state index is 13.4. The molecule has 0 aliphatic carbocycles. The van der Waals surface area contributed by atoms with Gasteiger partial charge in [-0.05, 0) is 26.0 Å². The van der Waals surface area contributed by atoms with Crippen molar-refractivity contribution in [2.45, 2.75) is 31.9 Å². The van der Waals surface area contributed by atoms with Gasteiger partial charge in [-0.1, -0.05) is 18.2 Å². The lowest BCUT2D eigenvalue weighted by Crippen LogP contribution is -2.40. The maximum Gasteiger partial charge on any atom is 0.266 e. The van der Waals surface area contributed by atoms with Crippen LogP contribution in [0.1, 0.15) is 51.7 Å². The SMILES string of the molecule is CC(C)(O)c1ncc(C(=O)N2CCc3[nH]cnc3[C@H]2c2cc3ccccc3o2)s1. The standard InChI is InChI=1S/C21H20N4O3S/c1-21(2,27)20-22-10-16(29-20)19(26)25-8-7-13-17(24-11-23-13)18(25)15-9-12-5-3-4-6-14(12)28-15/h3-6,9-11,18,27H,7-8H2,1-2H3,(H,23,24)/t18-/m1/s1. The number of rotatable bonds is 3. The molecule has 0 saturated heterocycles. The van der Waals surface area contributed by atoms with E-state index in [0.29, 0.717) is 28.6 Å². The zero-order valence-corrected chi connectivity index (χ0v) is 16.9. The van der Waals surface area contributed by atoms with Gasteiger partial charge in [0.1, 0.15) is 32.9 Å². The summed E-state index contributed by atoms with van der Waals surface area (Å²) in [5, 5.41) is 11.7. The number of H-pyrrole nitrogens is 1. The molecular weight excluding hydrogens is 388 g/mol. The smallest absolute Gasteiger partial charge is 0.266 e. The lowest BCUT2D eigenvalue weighted by molar-refractivity contribution is 0.0677. The van der Waals surface area contributed by atoms with Crippen molar-refractivity contribution in [3.63, 3.8) is 0 Å². The van der Waals surface area contributed by atoms with Crippen molar-refractivity contribution in [1.82, 2.24) is 19.9 Å². The molecule has 0 bridgehead atoms. The van der Waals surface area contributed by atoms with Gasteiger partial charge < -0.3 is 19.4 Å². The third-order valence-corrected chi connectivity index (χ3v) is 6.44. The Morgan fingerprint density at radius 1 is 1.34 bits per heavy atom. The van der Waals surface area contributed by atoms with E-state index in [1.807, 2.05) is 30.3 Å². The fraction of sp³-hybridized carbons (Fsp3) is 0.286. The molecule has 1 aliphatic rings. The normalized spacial score (nSPS) is 16.9. The largest absolute Gasteiger partial charge is 0.458 e. The first-order valence-corrected chi connectivity index (χ1v) is 10.2. The lowest BCUT2D eigenvalue weighted by Gasteiger charge is -2.33. The summed E-state index contributed by atoms with van der Waals surface area (Å²) >= 11 is 1.22. The van der Waals surface area contributed by atoms with E-state index in [9.17, 15) is 9.90 Å².